The highest BCUT2D eigenvalue weighted by molar-refractivity contribution is 6.32. The van der Waals surface area contributed by atoms with E-state index in [0.717, 1.165) is 10.9 Å². The molecular formula is C25H19ClF4N4O3. The molecule has 0 spiro atoms. The van der Waals surface area contributed by atoms with E-state index < -0.39 is 25.7 Å². The van der Waals surface area contributed by atoms with Crippen LogP contribution in [-0.2, 0) is 13.6 Å². The highest BCUT2D eigenvalue weighted by Gasteiger charge is 2.34. The monoisotopic (exact) mass is 534 g/mol. The largest absolute Gasteiger partial charge is 0.486 e. The van der Waals surface area contributed by atoms with E-state index in [1.54, 1.807) is 29.9 Å². The summed E-state index contributed by atoms with van der Waals surface area (Å²) >= 11 is 6.33. The van der Waals surface area contributed by atoms with Crippen molar-refractivity contribution in [1.82, 2.24) is 9.78 Å². The number of ether oxygens (including phenoxy) is 2. The lowest BCUT2D eigenvalue weighted by Crippen LogP contribution is -2.45. The summed E-state index contributed by atoms with van der Waals surface area (Å²) in [7, 11) is 1.79. The van der Waals surface area contributed by atoms with Crippen LogP contribution in [0.15, 0.2) is 60.8 Å². The van der Waals surface area contributed by atoms with E-state index in [4.69, 9.17) is 16.3 Å². The molecule has 192 valence electrons. The van der Waals surface area contributed by atoms with Gasteiger partial charge in [0.25, 0.3) is 6.43 Å². The van der Waals surface area contributed by atoms with Crippen molar-refractivity contribution in [2.75, 3.05) is 16.4 Å². The first-order valence-electron chi connectivity index (χ1n) is 11.0. The van der Waals surface area contributed by atoms with Gasteiger partial charge >= 0.3 is 12.6 Å². The molecule has 0 fully saturated rings. The SMILES string of the molecule is Cn1cc2cc(N3Cc4cc(Cl)c(OCC(F)F)cc4N(c4ccc(OC(F)F)cc4)C3=O)ccc2n1. The molecule has 0 aliphatic carbocycles. The summed E-state index contributed by atoms with van der Waals surface area (Å²) in [6, 6.07) is 13.4. The number of aryl methyl sites for hydroxylation is 1. The number of halogens is 5. The maximum Gasteiger partial charge on any atom is 0.387 e. The van der Waals surface area contributed by atoms with Crippen LogP contribution in [0.5, 0.6) is 11.5 Å². The van der Waals surface area contributed by atoms with Crippen LogP contribution in [-0.4, -0.2) is 35.5 Å². The quantitative estimate of drug-likeness (QED) is 0.246. The van der Waals surface area contributed by atoms with Gasteiger partial charge in [-0.3, -0.25) is 14.5 Å². The number of nitrogens with zero attached hydrogens (tertiary/aromatic N) is 4. The van der Waals surface area contributed by atoms with E-state index in [9.17, 15) is 22.4 Å². The first-order valence-corrected chi connectivity index (χ1v) is 11.4. The summed E-state index contributed by atoms with van der Waals surface area (Å²) in [4.78, 5) is 16.7. The fourth-order valence-electron chi connectivity index (χ4n) is 4.18. The summed E-state index contributed by atoms with van der Waals surface area (Å²) in [5.74, 6) is -0.0965. The predicted molar refractivity (Wildman–Crippen MR) is 130 cm³/mol. The molecule has 3 aromatic carbocycles. The number of carbonyl (C=O) groups excluding carboxylic acids is 1. The number of carbonyl (C=O) groups is 1. The van der Waals surface area contributed by atoms with Crippen molar-refractivity contribution in [3.63, 3.8) is 0 Å². The van der Waals surface area contributed by atoms with E-state index in [-0.39, 0.29) is 23.1 Å². The Morgan fingerprint density at radius 3 is 2.46 bits per heavy atom. The van der Waals surface area contributed by atoms with Gasteiger partial charge in [-0.15, -0.1) is 0 Å². The number of rotatable bonds is 7. The molecule has 1 aliphatic heterocycles. The van der Waals surface area contributed by atoms with Gasteiger partial charge in [0.2, 0.25) is 0 Å². The van der Waals surface area contributed by atoms with Gasteiger partial charge in [-0.2, -0.15) is 13.9 Å². The summed E-state index contributed by atoms with van der Waals surface area (Å²) in [6.45, 7) is -3.74. The molecule has 1 aromatic heterocycles. The Balaban J connectivity index is 1.59. The van der Waals surface area contributed by atoms with Crippen molar-refractivity contribution in [2.24, 2.45) is 7.05 Å². The normalized spacial score (nSPS) is 13.6. The van der Waals surface area contributed by atoms with Gasteiger partial charge in [-0.1, -0.05) is 11.6 Å². The third kappa shape index (κ3) is 4.99. The molecule has 4 aromatic rings. The number of benzene rings is 3. The zero-order valence-corrected chi connectivity index (χ0v) is 20.0. The smallest absolute Gasteiger partial charge is 0.387 e. The highest BCUT2D eigenvalue weighted by atomic mass is 35.5. The first-order chi connectivity index (χ1) is 17.7. The third-order valence-electron chi connectivity index (χ3n) is 5.72. The molecule has 37 heavy (non-hydrogen) atoms. The van der Waals surface area contributed by atoms with E-state index in [0.29, 0.717) is 22.6 Å². The van der Waals surface area contributed by atoms with Gasteiger partial charge in [0, 0.05) is 30.4 Å². The molecule has 12 heteroatoms. The number of alkyl halides is 4. The minimum absolute atomic E-state index is 0.0126. The first kappa shape index (κ1) is 24.7. The Morgan fingerprint density at radius 2 is 1.76 bits per heavy atom. The van der Waals surface area contributed by atoms with Crippen LogP contribution >= 0.6 is 11.6 Å². The third-order valence-corrected chi connectivity index (χ3v) is 6.02. The van der Waals surface area contributed by atoms with Gasteiger partial charge in [-0.25, -0.2) is 13.6 Å². The van der Waals surface area contributed by atoms with Gasteiger partial charge in [0.1, 0.15) is 18.1 Å². The van der Waals surface area contributed by atoms with Crippen molar-refractivity contribution in [3.05, 3.63) is 71.4 Å². The van der Waals surface area contributed by atoms with Crippen molar-refractivity contribution in [2.45, 2.75) is 19.6 Å². The number of anilines is 3. The molecule has 2 heterocycles. The molecule has 5 rings (SSSR count). The van der Waals surface area contributed by atoms with E-state index >= 15 is 0 Å². The lowest BCUT2D eigenvalue weighted by Gasteiger charge is -2.37. The Kier molecular flexibility index (Phi) is 6.55. The van der Waals surface area contributed by atoms with Gasteiger partial charge in [0.05, 0.1) is 28.5 Å². The molecule has 0 saturated heterocycles. The van der Waals surface area contributed by atoms with Crippen LogP contribution < -0.4 is 19.3 Å². The van der Waals surface area contributed by atoms with Crippen LogP contribution in [0, 0.1) is 0 Å². The molecule has 0 bridgehead atoms. The number of fused-ring (bicyclic) bond motifs is 2. The fraction of sp³-hybridized carbons (Fsp3) is 0.200. The number of hydrogen-bond acceptors (Lipinski definition) is 4. The summed E-state index contributed by atoms with van der Waals surface area (Å²) in [6.07, 6.45) is -0.894. The van der Waals surface area contributed by atoms with E-state index in [1.807, 2.05) is 12.3 Å². The average molecular weight is 535 g/mol. The van der Waals surface area contributed by atoms with E-state index in [1.165, 1.54) is 40.1 Å². The van der Waals surface area contributed by atoms with Crippen molar-refractivity contribution < 1.29 is 31.8 Å². The summed E-state index contributed by atoms with van der Waals surface area (Å²) in [5, 5.41) is 5.28. The predicted octanol–water partition coefficient (Wildman–Crippen LogP) is 6.75. The van der Waals surface area contributed by atoms with Gasteiger partial charge in [0.15, 0.2) is 0 Å². The lowest BCUT2D eigenvalue weighted by molar-refractivity contribution is -0.0498. The number of hydrogen-bond donors (Lipinski definition) is 0. The van der Waals surface area contributed by atoms with Crippen molar-refractivity contribution >= 4 is 45.6 Å². The zero-order chi connectivity index (χ0) is 26.3. The topological polar surface area (TPSA) is 59.8 Å². The van der Waals surface area contributed by atoms with Crippen molar-refractivity contribution in [3.8, 4) is 11.5 Å². The second-order valence-corrected chi connectivity index (χ2v) is 8.64. The van der Waals surface area contributed by atoms with Gasteiger partial charge in [-0.05, 0) is 54.1 Å². The fourth-order valence-corrected chi connectivity index (χ4v) is 4.42. The molecular weight excluding hydrogens is 516 g/mol. The number of urea groups is 1. The minimum atomic E-state index is -3.00. The van der Waals surface area contributed by atoms with Crippen LogP contribution in [0.1, 0.15) is 5.56 Å². The molecule has 1 aliphatic rings. The highest BCUT2D eigenvalue weighted by Crippen LogP contribution is 2.42. The van der Waals surface area contributed by atoms with Crippen LogP contribution in [0.4, 0.5) is 39.4 Å². The lowest BCUT2D eigenvalue weighted by atomic mass is 10.1. The standard InChI is InChI=1S/C25H19ClF4N4O3/c1-32-11-14-8-17(4-7-20(14)31-32)33-12-15-9-19(26)22(36-13-23(27)28)10-21(15)34(25(33)35)16-2-5-18(6-3-16)37-24(29)30/h2-11,23-24H,12-13H2,1H3. The molecule has 0 unspecified atom stereocenters. The number of amides is 2. The molecule has 7 nitrogen and oxygen atoms in total. The van der Waals surface area contributed by atoms with Crippen LogP contribution in [0.2, 0.25) is 5.02 Å². The Hall–Kier alpha value is -3.99. The van der Waals surface area contributed by atoms with E-state index in [2.05, 4.69) is 9.84 Å². The Morgan fingerprint density at radius 1 is 1.03 bits per heavy atom. The maximum atomic E-state index is 13.8. The summed E-state index contributed by atoms with van der Waals surface area (Å²) < 4.78 is 62.0. The minimum Gasteiger partial charge on any atom is -0.486 e. The molecule has 0 N–H and O–H groups in total. The molecule has 2 amide bonds. The maximum absolute atomic E-state index is 13.8. The second-order valence-electron chi connectivity index (χ2n) is 8.24. The average Bonchev–Trinajstić information content (AvgIpc) is 3.22. The number of aromatic nitrogens is 2. The molecule has 0 atom stereocenters. The molecule has 0 saturated carbocycles. The zero-order valence-electron chi connectivity index (χ0n) is 19.2. The molecule has 0 radical (unpaired) electrons. The van der Waals surface area contributed by atoms with Crippen LogP contribution in [0.25, 0.3) is 10.9 Å². The Bertz CT molecular complexity index is 1460. The second kappa shape index (κ2) is 9.81. The van der Waals surface area contributed by atoms with Gasteiger partial charge < -0.3 is 9.47 Å². The summed E-state index contributed by atoms with van der Waals surface area (Å²) in [5.41, 5.74) is 2.66. The Labute approximate surface area is 213 Å². The van der Waals surface area contributed by atoms with Crippen molar-refractivity contribution in [1.29, 1.82) is 0 Å². The van der Waals surface area contributed by atoms with Crippen LogP contribution in [0.3, 0.4) is 0 Å².